The smallest absolute Gasteiger partial charge is 0.410 e. The quantitative estimate of drug-likeness (QED) is 0.510. The minimum Gasteiger partial charge on any atom is -0.453 e. The fourth-order valence-electron chi connectivity index (χ4n) is 5.98. The van der Waals surface area contributed by atoms with Crippen LogP contribution < -0.4 is 5.48 Å². The highest BCUT2D eigenvalue weighted by Crippen LogP contribution is 2.55. The van der Waals surface area contributed by atoms with Crippen LogP contribution in [0.4, 0.5) is 4.79 Å². The SMILES string of the molecule is CCn1cnc2ccc(C3CCN(C(=O)C4C(C(=O)NO)CC5(CC5)CN4C(=O)OC)CC3)cc21. The van der Waals surface area contributed by atoms with Crippen molar-refractivity contribution in [1.82, 2.24) is 24.8 Å². The van der Waals surface area contributed by atoms with Crippen LogP contribution in [0, 0.1) is 11.3 Å². The van der Waals surface area contributed by atoms with Crippen LogP contribution in [0.2, 0.25) is 0 Å². The van der Waals surface area contributed by atoms with Crippen molar-refractivity contribution in [2.24, 2.45) is 11.3 Å². The average molecular weight is 484 g/mol. The first-order valence-corrected chi connectivity index (χ1v) is 12.4. The van der Waals surface area contributed by atoms with Gasteiger partial charge in [-0.25, -0.2) is 15.3 Å². The molecule has 3 aliphatic rings. The summed E-state index contributed by atoms with van der Waals surface area (Å²) in [7, 11) is 1.28. The number of aryl methyl sites for hydroxylation is 1. The first-order chi connectivity index (χ1) is 16.9. The topological polar surface area (TPSA) is 117 Å². The molecule has 35 heavy (non-hydrogen) atoms. The second-order valence-corrected chi connectivity index (χ2v) is 10.2. The third kappa shape index (κ3) is 4.24. The summed E-state index contributed by atoms with van der Waals surface area (Å²) in [5.41, 5.74) is 4.88. The summed E-state index contributed by atoms with van der Waals surface area (Å²) in [5.74, 6) is -1.37. The number of nitrogens with zero attached hydrogens (tertiary/aromatic N) is 4. The molecule has 0 bridgehead atoms. The number of hydrogen-bond acceptors (Lipinski definition) is 6. The van der Waals surface area contributed by atoms with Gasteiger partial charge in [0.05, 0.1) is 30.4 Å². The summed E-state index contributed by atoms with van der Waals surface area (Å²) >= 11 is 0. The van der Waals surface area contributed by atoms with E-state index < -0.39 is 24.0 Å². The number of nitrogens with one attached hydrogen (secondary N) is 1. The van der Waals surface area contributed by atoms with E-state index in [9.17, 15) is 19.6 Å². The van der Waals surface area contributed by atoms with Crippen LogP contribution in [-0.4, -0.2) is 75.3 Å². The van der Waals surface area contributed by atoms with E-state index in [4.69, 9.17) is 4.74 Å². The number of imidazole rings is 1. The lowest BCUT2D eigenvalue weighted by Gasteiger charge is -2.45. The Morgan fingerprint density at radius 1 is 1.23 bits per heavy atom. The van der Waals surface area contributed by atoms with Crippen LogP contribution in [0.3, 0.4) is 0 Å². The van der Waals surface area contributed by atoms with E-state index >= 15 is 0 Å². The highest BCUT2D eigenvalue weighted by atomic mass is 16.5. The Morgan fingerprint density at radius 2 is 1.97 bits per heavy atom. The van der Waals surface area contributed by atoms with Gasteiger partial charge in [-0.1, -0.05) is 6.07 Å². The minimum absolute atomic E-state index is 0.168. The van der Waals surface area contributed by atoms with Crippen molar-refractivity contribution in [3.05, 3.63) is 30.1 Å². The summed E-state index contributed by atoms with van der Waals surface area (Å²) in [6.07, 6.45) is 5.10. The number of amides is 3. The number of likely N-dealkylation sites (tertiary alicyclic amines) is 2. The lowest BCUT2D eigenvalue weighted by Crippen LogP contribution is -2.62. The van der Waals surface area contributed by atoms with E-state index in [0.717, 1.165) is 43.3 Å². The molecule has 1 spiro atoms. The molecule has 3 fully saturated rings. The van der Waals surface area contributed by atoms with Crippen LogP contribution >= 0.6 is 0 Å². The summed E-state index contributed by atoms with van der Waals surface area (Å²) in [6, 6.07) is 5.39. The number of aromatic nitrogens is 2. The first-order valence-electron chi connectivity index (χ1n) is 12.4. The maximum Gasteiger partial charge on any atom is 0.410 e. The number of ether oxygens (including phenoxy) is 1. The molecule has 1 saturated carbocycles. The average Bonchev–Trinajstić information content (AvgIpc) is 3.51. The Kier molecular flexibility index (Phi) is 6.16. The first kappa shape index (κ1) is 23.6. The van der Waals surface area contributed by atoms with Crippen molar-refractivity contribution in [3.8, 4) is 0 Å². The Labute approximate surface area is 204 Å². The lowest BCUT2D eigenvalue weighted by molar-refractivity contribution is -0.150. The van der Waals surface area contributed by atoms with Gasteiger partial charge >= 0.3 is 6.09 Å². The molecule has 0 radical (unpaired) electrons. The van der Waals surface area contributed by atoms with E-state index in [0.29, 0.717) is 32.0 Å². The van der Waals surface area contributed by atoms with Crippen molar-refractivity contribution in [3.63, 3.8) is 0 Å². The maximum absolute atomic E-state index is 13.7. The third-order valence-electron chi connectivity index (χ3n) is 8.21. The van der Waals surface area contributed by atoms with E-state index in [1.165, 1.54) is 17.6 Å². The van der Waals surface area contributed by atoms with Crippen LogP contribution in [0.1, 0.15) is 50.5 Å². The number of hydrogen-bond donors (Lipinski definition) is 2. The molecule has 3 heterocycles. The second kappa shape index (κ2) is 9.14. The zero-order chi connectivity index (χ0) is 24.7. The summed E-state index contributed by atoms with van der Waals surface area (Å²) in [6.45, 7) is 4.43. The van der Waals surface area contributed by atoms with Gasteiger partial charge in [-0.2, -0.15) is 0 Å². The van der Waals surface area contributed by atoms with Crippen LogP contribution in [0.25, 0.3) is 11.0 Å². The minimum atomic E-state index is -0.979. The van der Waals surface area contributed by atoms with Crippen LogP contribution in [0.5, 0.6) is 0 Å². The van der Waals surface area contributed by atoms with Gasteiger partial charge < -0.3 is 14.2 Å². The zero-order valence-electron chi connectivity index (χ0n) is 20.3. The molecule has 2 atom stereocenters. The molecule has 188 valence electrons. The number of methoxy groups -OCH3 is 1. The molecule has 2 aliphatic heterocycles. The molecule has 2 saturated heterocycles. The molecule has 1 aromatic carbocycles. The van der Waals surface area contributed by atoms with Gasteiger partial charge in [-0.3, -0.25) is 19.7 Å². The standard InChI is InChI=1S/C25H33N5O5/c1-3-28-15-26-19-5-4-17(12-20(19)28)16-6-10-29(11-7-16)23(32)21-18(22(31)27-34)13-25(8-9-25)14-30(21)24(33)35-2/h4-5,12,15-16,18,21,34H,3,6-11,13-14H2,1-2H3,(H,27,31). The number of benzene rings is 1. The van der Waals surface area contributed by atoms with Gasteiger partial charge in [0.2, 0.25) is 11.8 Å². The van der Waals surface area contributed by atoms with Crippen molar-refractivity contribution >= 4 is 28.9 Å². The zero-order valence-corrected chi connectivity index (χ0v) is 20.3. The molecule has 3 amide bonds. The second-order valence-electron chi connectivity index (χ2n) is 10.2. The highest BCUT2D eigenvalue weighted by molar-refractivity contribution is 5.93. The predicted octanol–water partition coefficient (Wildman–Crippen LogP) is 2.50. The van der Waals surface area contributed by atoms with E-state index in [1.54, 1.807) is 10.4 Å². The molecule has 10 nitrogen and oxygen atoms in total. The maximum atomic E-state index is 13.7. The van der Waals surface area contributed by atoms with E-state index in [-0.39, 0.29) is 11.3 Å². The van der Waals surface area contributed by atoms with Crippen LogP contribution in [0.15, 0.2) is 24.5 Å². The van der Waals surface area contributed by atoms with Crippen molar-refractivity contribution < 1.29 is 24.3 Å². The number of fused-ring (bicyclic) bond motifs is 1. The van der Waals surface area contributed by atoms with Crippen LogP contribution in [-0.2, 0) is 20.9 Å². The number of carbonyl (C=O) groups is 3. The van der Waals surface area contributed by atoms with Crippen molar-refractivity contribution in [1.29, 1.82) is 0 Å². The molecule has 2 aromatic rings. The number of piperidine rings is 2. The van der Waals surface area contributed by atoms with Gasteiger partial charge in [-0.15, -0.1) is 0 Å². The molecular weight excluding hydrogens is 450 g/mol. The third-order valence-corrected chi connectivity index (χ3v) is 8.21. The fourth-order valence-corrected chi connectivity index (χ4v) is 5.98. The summed E-state index contributed by atoms with van der Waals surface area (Å²) in [4.78, 5) is 46.6. The molecule has 10 heteroatoms. The number of hydroxylamine groups is 1. The number of rotatable bonds is 4. The van der Waals surface area contributed by atoms with Gasteiger partial charge in [0.15, 0.2) is 0 Å². The lowest BCUT2D eigenvalue weighted by atomic mass is 9.79. The fraction of sp³-hybridized carbons (Fsp3) is 0.600. The van der Waals surface area contributed by atoms with Crippen molar-refractivity contribution in [2.45, 2.75) is 57.5 Å². The predicted molar refractivity (Wildman–Crippen MR) is 127 cm³/mol. The summed E-state index contributed by atoms with van der Waals surface area (Å²) < 4.78 is 7.10. The molecular formula is C25H33N5O5. The monoisotopic (exact) mass is 483 g/mol. The molecule has 2 unspecified atom stereocenters. The van der Waals surface area contributed by atoms with E-state index in [1.807, 2.05) is 6.33 Å². The summed E-state index contributed by atoms with van der Waals surface area (Å²) in [5, 5.41) is 9.36. The van der Waals surface area contributed by atoms with Gasteiger partial charge in [0.25, 0.3) is 0 Å². The van der Waals surface area contributed by atoms with E-state index in [2.05, 4.69) is 34.7 Å². The number of carbonyl (C=O) groups excluding carboxylic acids is 3. The van der Waals surface area contributed by atoms with Gasteiger partial charge in [-0.05, 0) is 68.1 Å². The Balaban J connectivity index is 1.33. The highest BCUT2D eigenvalue weighted by Gasteiger charge is 2.57. The molecule has 1 aliphatic carbocycles. The Hall–Kier alpha value is -3.14. The normalized spacial score (nSPS) is 24.0. The largest absolute Gasteiger partial charge is 0.453 e. The van der Waals surface area contributed by atoms with Crippen molar-refractivity contribution in [2.75, 3.05) is 26.7 Å². The Morgan fingerprint density at radius 3 is 2.60 bits per heavy atom. The van der Waals surface area contributed by atoms with Gasteiger partial charge in [0.1, 0.15) is 6.04 Å². The Bertz CT molecular complexity index is 1110. The molecule has 5 rings (SSSR count). The molecule has 2 N–H and O–H groups in total. The molecule has 1 aromatic heterocycles. The van der Waals surface area contributed by atoms with Gasteiger partial charge in [0, 0.05) is 26.2 Å².